The molecule has 24 heavy (non-hydrogen) atoms. The smallest absolute Gasteiger partial charge is 0.335 e. The number of carbonyl (C=O) groups excluding carboxylic acids is 1. The van der Waals surface area contributed by atoms with Gasteiger partial charge in [-0.2, -0.15) is 0 Å². The van der Waals surface area contributed by atoms with Crippen LogP contribution in [0.25, 0.3) is 0 Å². The SMILES string of the molecule is CC(C)CC(=O)NCc1nnc(S(=O)(=O)Cc2ccc(F)cc2)o1. The summed E-state index contributed by atoms with van der Waals surface area (Å²) in [5.74, 6) is -0.800. The standard InChI is InChI=1S/C15H18FN3O4S/c1-10(2)7-13(20)17-8-14-18-19-15(23-14)24(21,22)9-11-3-5-12(16)6-4-11/h3-6,10H,7-9H2,1-2H3,(H,17,20). The van der Waals surface area contributed by atoms with Gasteiger partial charge in [0.25, 0.3) is 0 Å². The number of amides is 1. The summed E-state index contributed by atoms with van der Waals surface area (Å²) in [5.41, 5.74) is 0.404. The van der Waals surface area contributed by atoms with Crippen molar-refractivity contribution in [3.63, 3.8) is 0 Å². The van der Waals surface area contributed by atoms with Crippen LogP contribution in [0, 0.1) is 11.7 Å². The maximum absolute atomic E-state index is 12.9. The molecule has 0 saturated heterocycles. The number of nitrogens with zero attached hydrogens (tertiary/aromatic N) is 2. The van der Waals surface area contributed by atoms with Gasteiger partial charge in [0.1, 0.15) is 5.82 Å². The van der Waals surface area contributed by atoms with Crippen molar-refractivity contribution >= 4 is 15.7 Å². The van der Waals surface area contributed by atoms with Gasteiger partial charge < -0.3 is 9.73 Å². The maximum Gasteiger partial charge on any atom is 0.335 e. The molecule has 1 amide bonds. The van der Waals surface area contributed by atoms with Crippen molar-refractivity contribution in [1.29, 1.82) is 0 Å². The molecule has 0 fully saturated rings. The highest BCUT2D eigenvalue weighted by Crippen LogP contribution is 2.15. The summed E-state index contributed by atoms with van der Waals surface area (Å²) in [5, 5.41) is 9.18. The lowest BCUT2D eigenvalue weighted by Crippen LogP contribution is -2.24. The van der Waals surface area contributed by atoms with E-state index in [0.717, 1.165) is 0 Å². The van der Waals surface area contributed by atoms with Crippen LogP contribution < -0.4 is 5.32 Å². The summed E-state index contributed by atoms with van der Waals surface area (Å²) < 4.78 is 42.4. The highest BCUT2D eigenvalue weighted by molar-refractivity contribution is 7.90. The summed E-state index contributed by atoms with van der Waals surface area (Å²) in [4.78, 5) is 11.5. The minimum absolute atomic E-state index is 0.00443. The van der Waals surface area contributed by atoms with E-state index >= 15 is 0 Å². The fourth-order valence-corrected chi connectivity index (χ4v) is 3.06. The van der Waals surface area contributed by atoms with Crippen LogP contribution in [0.4, 0.5) is 4.39 Å². The zero-order chi connectivity index (χ0) is 17.7. The predicted octanol–water partition coefficient (Wildman–Crippen LogP) is 1.84. The van der Waals surface area contributed by atoms with Crippen LogP contribution in [0.3, 0.4) is 0 Å². The van der Waals surface area contributed by atoms with E-state index in [1.165, 1.54) is 24.3 Å². The van der Waals surface area contributed by atoms with Crippen LogP contribution in [0.2, 0.25) is 0 Å². The van der Waals surface area contributed by atoms with E-state index in [1.807, 2.05) is 13.8 Å². The molecule has 9 heteroatoms. The van der Waals surface area contributed by atoms with Gasteiger partial charge in [0.05, 0.1) is 12.3 Å². The normalized spacial score (nSPS) is 11.7. The molecule has 7 nitrogen and oxygen atoms in total. The lowest BCUT2D eigenvalue weighted by Gasteiger charge is -2.04. The zero-order valence-electron chi connectivity index (χ0n) is 13.3. The van der Waals surface area contributed by atoms with Gasteiger partial charge in [0.2, 0.25) is 21.6 Å². The van der Waals surface area contributed by atoms with Crippen molar-refractivity contribution in [1.82, 2.24) is 15.5 Å². The number of hydrogen-bond acceptors (Lipinski definition) is 6. The highest BCUT2D eigenvalue weighted by Gasteiger charge is 2.23. The molecular weight excluding hydrogens is 337 g/mol. The Morgan fingerprint density at radius 1 is 1.25 bits per heavy atom. The summed E-state index contributed by atoms with van der Waals surface area (Å²) in [7, 11) is -3.84. The molecule has 0 saturated carbocycles. The summed E-state index contributed by atoms with van der Waals surface area (Å²) in [6.45, 7) is 3.78. The first-order chi connectivity index (χ1) is 11.3. The number of nitrogens with one attached hydrogen (secondary N) is 1. The Balaban J connectivity index is 2.00. The molecule has 0 radical (unpaired) electrons. The number of rotatable bonds is 7. The molecule has 1 aromatic heterocycles. The topological polar surface area (TPSA) is 102 Å². The van der Waals surface area contributed by atoms with Crippen LogP contribution in [-0.2, 0) is 26.9 Å². The fraction of sp³-hybridized carbons (Fsp3) is 0.400. The third-order valence-electron chi connectivity index (χ3n) is 3.01. The number of aromatic nitrogens is 2. The first-order valence-electron chi connectivity index (χ1n) is 7.32. The van der Waals surface area contributed by atoms with Crippen molar-refractivity contribution in [3.05, 3.63) is 41.5 Å². The molecule has 2 rings (SSSR count). The van der Waals surface area contributed by atoms with E-state index < -0.39 is 20.9 Å². The molecule has 2 aromatic rings. The van der Waals surface area contributed by atoms with Gasteiger partial charge in [0.15, 0.2) is 0 Å². The van der Waals surface area contributed by atoms with Crippen LogP contribution >= 0.6 is 0 Å². The molecule has 1 N–H and O–H groups in total. The second-order valence-electron chi connectivity index (χ2n) is 5.72. The summed E-state index contributed by atoms with van der Waals surface area (Å²) >= 11 is 0. The minimum Gasteiger partial charge on any atom is -0.411 e. The van der Waals surface area contributed by atoms with Crippen LogP contribution in [-0.4, -0.2) is 24.5 Å². The molecule has 0 aliphatic rings. The number of benzene rings is 1. The third kappa shape index (κ3) is 5.12. The molecule has 0 spiro atoms. The number of halogens is 1. The lowest BCUT2D eigenvalue weighted by molar-refractivity contribution is -0.122. The molecule has 0 aliphatic carbocycles. The van der Waals surface area contributed by atoms with Gasteiger partial charge in [-0.15, -0.1) is 5.10 Å². The van der Waals surface area contributed by atoms with Crippen LogP contribution in [0.15, 0.2) is 33.9 Å². The fourth-order valence-electron chi connectivity index (χ4n) is 1.91. The van der Waals surface area contributed by atoms with E-state index in [9.17, 15) is 17.6 Å². The Morgan fingerprint density at radius 2 is 1.92 bits per heavy atom. The first-order valence-corrected chi connectivity index (χ1v) is 8.98. The Hall–Kier alpha value is -2.29. The quantitative estimate of drug-likeness (QED) is 0.813. The molecule has 0 atom stereocenters. The van der Waals surface area contributed by atoms with Gasteiger partial charge >= 0.3 is 5.22 Å². The average Bonchev–Trinajstić information content (AvgIpc) is 2.96. The molecule has 1 aromatic carbocycles. The lowest BCUT2D eigenvalue weighted by atomic mass is 10.1. The molecule has 1 heterocycles. The minimum atomic E-state index is -3.84. The first kappa shape index (κ1) is 18.1. The molecule has 0 aliphatic heterocycles. The molecule has 130 valence electrons. The van der Waals surface area contributed by atoms with Crippen LogP contribution in [0.5, 0.6) is 0 Å². The predicted molar refractivity (Wildman–Crippen MR) is 82.9 cm³/mol. The van der Waals surface area contributed by atoms with Crippen molar-refractivity contribution in [2.45, 2.75) is 37.8 Å². The third-order valence-corrected chi connectivity index (χ3v) is 4.43. The second kappa shape index (κ2) is 7.52. The van der Waals surface area contributed by atoms with Gasteiger partial charge in [0, 0.05) is 6.42 Å². The second-order valence-corrected chi connectivity index (χ2v) is 7.59. The largest absolute Gasteiger partial charge is 0.411 e. The molecular formula is C15H18FN3O4S. The van der Waals surface area contributed by atoms with E-state index in [2.05, 4.69) is 15.5 Å². The van der Waals surface area contributed by atoms with Gasteiger partial charge in [-0.1, -0.05) is 31.1 Å². The number of hydrogen-bond donors (Lipinski definition) is 1. The van der Waals surface area contributed by atoms with Crippen molar-refractivity contribution in [3.8, 4) is 0 Å². The number of carbonyl (C=O) groups is 1. The Bertz CT molecular complexity index is 800. The van der Waals surface area contributed by atoms with E-state index in [-0.39, 0.29) is 30.0 Å². The zero-order valence-corrected chi connectivity index (χ0v) is 14.1. The Labute approximate surface area is 139 Å². The average molecular weight is 355 g/mol. The van der Waals surface area contributed by atoms with Crippen molar-refractivity contribution in [2.75, 3.05) is 0 Å². The maximum atomic E-state index is 12.9. The molecule has 0 unspecified atom stereocenters. The van der Waals surface area contributed by atoms with Gasteiger partial charge in [-0.25, -0.2) is 12.8 Å². The van der Waals surface area contributed by atoms with E-state index in [1.54, 1.807) is 0 Å². The summed E-state index contributed by atoms with van der Waals surface area (Å²) in [6, 6.07) is 5.09. The Kier molecular flexibility index (Phi) is 5.66. The monoisotopic (exact) mass is 355 g/mol. The van der Waals surface area contributed by atoms with Crippen molar-refractivity contribution in [2.24, 2.45) is 5.92 Å². The van der Waals surface area contributed by atoms with Gasteiger partial charge in [-0.3, -0.25) is 4.79 Å². The van der Waals surface area contributed by atoms with Crippen LogP contribution in [0.1, 0.15) is 31.7 Å². The van der Waals surface area contributed by atoms with E-state index in [0.29, 0.717) is 12.0 Å². The number of sulfone groups is 1. The molecule has 0 bridgehead atoms. The Morgan fingerprint density at radius 3 is 2.54 bits per heavy atom. The van der Waals surface area contributed by atoms with Gasteiger partial charge in [-0.05, 0) is 23.6 Å². The highest BCUT2D eigenvalue weighted by atomic mass is 32.2. The summed E-state index contributed by atoms with van der Waals surface area (Å²) in [6.07, 6.45) is 0.351. The van der Waals surface area contributed by atoms with Crippen molar-refractivity contribution < 1.29 is 22.0 Å². The van der Waals surface area contributed by atoms with E-state index in [4.69, 9.17) is 4.42 Å².